The number of thioether (sulfide) groups is 1. The standard InChI is InChI=1S/C10H18O3S/c1-9(11)6-8-14-7-4-2-3-5-10(12)13/h2-8H2,1H3,(H,12,13). The van der Waals surface area contributed by atoms with Crippen LogP contribution in [0.4, 0.5) is 0 Å². The van der Waals surface area contributed by atoms with Crippen LogP contribution >= 0.6 is 11.8 Å². The van der Waals surface area contributed by atoms with Gasteiger partial charge in [-0.05, 0) is 25.5 Å². The molecule has 0 aliphatic heterocycles. The number of aliphatic carboxylic acids is 1. The highest BCUT2D eigenvalue weighted by Gasteiger charge is 1.97. The first kappa shape index (κ1) is 13.5. The molecule has 0 aliphatic rings. The van der Waals surface area contributed by atoms with E-state index in [1.165, 1.54) is 0 Å². The molecule has 0 bridgehead atoms. The molecule has 0 unspecified atom stereocenters. The Morgan fingerprint density at radius 3 is 2.36 bits per heavy atom. The molecule has 0 rings (SSSR count). The number of unbranched alkanes of at least 4 members (excludes halogenated alkanes) is 2. The zero-order valence-electron chi connectivity index (χ0n) is 8.62. The van der Waals surface area contributed by atoms with Gasteiger partial charge in [0.25, 0.3) is 0 Å². The van der Waals surface area contributed by atoms with Gasteiger partial charge in [0.15, 0.2) is 0 Å². The fourth-order valence-electron chi connectivity index (χ4n) is 0.975. The van der Waals surface area contributed by atoms with Crippen molar-refractivity contribution >= 4 is 23.5 Å². The topological polar surface area (TPSA) is 54.4 Å². The van der Waals surface area contributed by atoms with Crippen molar-refractivity contribution in [2.75, 3.05) is 11.5 Å². The first-order chi connectivity index (χ1) is 6.63. The van der Waals surface area contributed by atoms with E-state index in [0.29, 0.717) is 6.42 Å². The zero-order chi connectivity index (χ0) is 10.8. The maximum Gasteiger partial charge on any atom is 0.303 e. The molecule has 0 spiro atoms. The van der Waals surface area contributed by atoms with Crippen LogP contribution in [-0.2, 0) is 9.59 Å². The average molecular weight is 218 g/mol. The van der Waals surface area contributed by atoms with E-state index < -0.39 is 5.97 Å². The molecule has 0 amide bonds. The van der Waals surface area contributed by atoms with Crippen LogP contribution in [0.5, 0.6) is 0 Å². The van der Waals surface area contributed by atoms with E-state index >= 15 is 0 Å². The summed E-state index contributed by atoms with van der Waals surface area (Å²) >= 11 is 1.77. The summed E-state index contributed by atoms with van der Waals surface area (Å²) in [7, 11) is 0. The third-order valence-corrected chi connectivity index (χ3v) is 2.85. The molecule has 0 aromatic heterocycles. The Bertz CT molecular complexity index is 160. The van der Waals surface area contributed by atoms with Gasteiger partial charge in [0.1, 0.15) is 5.78 Å². The molecule has 0 radical (unpaired) electrons. The van der Waals surface area contributed by atoms with Gasteiger partial charge in [-0.3, -0.25) is 9.59 Å². The van der Waals surface area contributed by atoms with Gasteiger partial charge in [-0.15, -0.1) is 0 Å². The van der Waals surface area contributed by atoms with Crippen molar-refractivity contribution in [1.82, 2.24) is 0 Å². The van der Waals surface area contributed by atoms with Gasteiger partial charge in [-0.25, -0.2) is 0 Å². The van der Waals surface area contributed by atoms with Crippen molar-refractivity contribution in [2.24, 2.45) is 0 Å². The van der Waals surface area contributed by atoms with Crippen LogP contribution in [0.25, 0.3) is 0 Å². The molecule has 3 nitrogen and oxygen atoms in total. The van der Waals surface area contributed by atoms with Gasteiger partial charge in [0, 0.05) is 18.6 Å². The Morgan fingerprint density at radius 2 is 1.79 bits per heavy atom. The van der Waals surface area contributed by atoms with Crippen molar-refractivity contribution in [3.63, 3.8) is 0 Å². The molecule has 0 heterocycles. The quantitative estimate of drug-likeness (QED) is 0.603. The van der Waals surface area contributed by atoms with Crippen LogP contribution in [0.3, 0.4) is 0 Å². The predicted molar refractivity (Wildman–Crippen MR) is 58.7 cm³/mol. The Balaban J connectivity index is 2.99. The van der Waals surface area contributed by atoms with E-state index in [0.717, 1.165) is 30.8 Å². The second-order valence-corrected chi connectivity index (χ2v) is 4.49. The summed E-state index contributed by atoms with van der Waals surface area (Å²) in [5.41, 5.74) is 0. The van der Waals surface area contributed by atoms with E-state index in [2.05, 4.69) is 0 Å². The lowest BCUT2D eigenvalue weighted by Gasteiger charge is -1.99. The minimum absolute atomic E-state index is 0.239. The minimum atomic E-state index is -0.714. The normalized spacial score (nSPS) is 10.1. The number of ketones is 1. The number of carboxylic acids is 1. The molecule has 0 aromatic rings. The molecule has 4 heteroatoms. The number of Topliss-reactive ketones (excluding diaryl/α,β-unsaturated/α-hetero) is 1. The number of carboxylic acid groups (broad SMARTS) is 1. The first-order valence-corrected chi connectivity index (χ1v) is 6.07. The molecule has 0 saturated heterocycles. The third kappa shape index (κ3) is 11.5. The highest BCUT2D eigenvalue weighted by Crippen LogP contribution is 2.08. The Hall–Kier alpha value is -0.510. The molecule has 0 aliphatic carbocycles. The summed E-state index contributed by atoms with van der Waals surface area (Å²) in [6.45, 7) is 1.60. The first-order valence-electron chi connectivity index (χ1n) is 4.92. The number of carbonyl (C=O) groups is 2. The highest BCUT2D eigenvalue weighted by molar-refractivity contribution is 7.99. The SMILES string of the molecule is CC(=O)CCSCCCCCC(=O)O. The largest absolute Gasteiger partial charge is 0.481 e. The molecule has 1 N–H and O–H groups in total. The van der Waals surface area contributed by atoms with Crippen LogP contribution in [0, 0.1) is 0 Å². The smallest absolute Gasteiger partial charge is 0.303 e. The summed E-state index contributed by atoms with van der Waals surface area (Å²) in [5.74, 6) is 1.46. The van der Waals surface area contributed by atoms with Gasteiger partial charge < -0.3 is 5.11 Å². The second kappa shape index (κ2) is 9.06. The second-order valence-electron chi connectivity index (χ2n) is 3.27. The van der Waals surface area contributed by atoms with E-state index in [-0.39, 0.29) is 12.2 Å². The van der Waals surface area contributed by atoms with Gasteiger partial charge >= 0.3 is 5.97 Å². The Labute approximate surface area is 89.3 Å². The lowest BCUT2D eigenvalue weighted by Crippen LogP contribution is -1.95. The van der Waals surface area contributed by atoms with Crippen LogP contribution < -0.4 is 0 Å². The molecule has 0 saturated carbocycles. The number of carbonyl (C=O) groups excluding carboxylic acids is 1. The van der Waals surface area contributed by atoms with Crippen molar-refractivity contribution < 1.29 is 14.7 Å². The summed E-state index contributed by atoms with van der Waals surface area (Å²) in [5, 5.41) is 8.37. The Kier molecular flexibility index (Phi) is 8.73. The molecule has 0 fully saturated rings. The van der Waals surface area contributed by atoms with Crippen molar-refractivity contribution in [1.29, 1.82) is 0 Å². The Morgan fingerprint density at radius 1 is 1.07 bits per heavy atom. The number of rotatable bonds is 9. The summed E-state index contributed by atoms with van der Waals surface area (Å²) < 4.78 is 0. The molecular weight excluding hydrogens is 200 g/mol. The van der Waals surface area contributed by atoms with Gasteiger partial charge in [-0.1, -0.05) is 6.42 Å². The zero-order valence-corrected chi connectivity index (χ0v) is 9.44. The minimum Gasteiger partial charge on any atom is -0.481 e. The van der Waals surface area contributed by atoms with Crippen molar-refractivity contribution in [3.05, 3.63) is 0 Å². The maximum atomic E-state index is 10.6. The molecule has 82 valence electrons. The maximum absolute atomic E-state index is 10.6. The average Bonchev–Trinajstić information content (AvgIpc) is 2.08. The van der Waals surface area contributed by atoms with Gasteiger partial charge in [0.2, 0.25) is 0 Å². The lowest BCUT2D eigenvalue weighted by molar-refractivity contribution is -0.137. The molecule has 14 heavy (non-hydrogen) atoms. The van der Waals surface area contributed by atoms with Crippen molar-refractivity contribution in [3.8, 4) is 0 Å². The molecule has 0 aromatic carbocycles. The number of hydrogen-bond acceptors (Lipinski definition) is 3. The molecule has 0 atom stereocenters. The lowest BCUT2D eigenvalue weighted by atomic mass is 10.2. The predicted octanol–water partition coefficient (Wildman–Crippen LogP) is 2.34. The summed E-state index contributed by atoms with van der Waals surface area (Å²) in [4.78, 5) is 20.7. The highest BCUT2D eigenvalue weighted by atomic mass is 32.2. The van der Waals surface area contributed by atoms with Crippen LogP contribution in [0.15, 0.2) is 0 Å². The van der Waals surface area contributed by atoms with Crippen LogP contribution in [-0.4, -0.2) is 28.4 Å². The summed E-state index contributed by atoms with van der Waals surface area (Å²) in [6, 6.07) is 0. The molecular formula is C10H18O3S. The van der Waals surface area contributed by atoms with Gasteiger partial charge in [-0.2, -0.15) is 11.8 Å². The van der Waals surface area contributed by atoms with Crippen LogP contribution in [0.1, 0.15) is 39.0 Å². The van der Waals surface area contributed by atoms with E-state index in [4.69, 9.17) is 5.11 Å². The van der Waals surface area contributed by atoms with E-state index in [9.17, 15) is 9.59 Å². The third-order valence-electron chi connectivity index (χ3n) is 1.78. The van der Waals surface area contributed by atoms with E-state index in [1.54, 1.807) is 18.7 Å². The van der Waals surface area contributed by atoms with E-state index in [1.807, 2.05) is 0 Å². The number of hydrogen-bond donors (Lipinski definition) is 1. The fraction of sp³-hybridized carbons (Fsp3) is 0.800. The summed E-state index contributed by atoms with van der Waals surface area (Å²) in [6.07, 6.45) is 3.72. The fourth-order valence-corrected chi connectivity index (χ4v) is 2.02. The van der Waals surface area contributed by atoms with Crippen LogP contribution in [0.2, 0.25) is 0 Å². The monoisotopic (exact) mass is 218 g/mol. The van der Waals surface area contributed by atoms with Gasteiger partial charge in [0.05, 0.1) is 0 Å². The van der Waals surface area contributed by atoms with Crippen molar-refractivity contribution in [2.45, 2.75) is 39.0 Å².